The van der Waals surface area contributed by atoms with Gasteiger partial charge in [-0.05, 0) is 45.1 Å². The lowest BCUT2D eigenvalue weighted by molar-refractivity contribution is 1.34. The molecule has 25 heavy (non-hydrogen) atoms. The van der Waals surface area contributed by atoms with E-state index in [-0.39, 0.29) is 0 Å². The average molecular weight is 319 g/mol. The van der Waals surface area contributed by atoms with Crippen molar-refractivity contribution < 1.29 is 0 Å². The second-order valence-corrected chi connectivity index (χ2v) is 6.44. The molecule has 0 fully saturated rings. The van der Waals surface area contributed by atoms with Gasteiger partial charge in [0.25, 0.3) is 0 Å². The number of benzene rings is 4. The largest absolute Gasteiger partial charge is 0.359 e. The summed E-state index contributed by atoms with van der Waals surface area (Å²) < 4.78 is 0. The molecule has 2 aromatic heterocycles. The van der Waals surface area contributed by atoms with Gasteiger partial charge in [-0.2, -0.15) is 0 Å². The molecule has 6 aromatic rings. The molecular weight excluding hydrogens is 306 g/mol. The van der Waals surface area contributed by atoms with Crippen LogP contribution in [0.15, 0.2) is 73.2 Å². The number of aromatic amines is 1. The van der Waals surface area contributed by atoms with E-state index in [9.17, 15) is 0 Å². The number of pyridine rings is 1. The van der Waals surface area contributed by atoms with Crippen molar-refractivity contribution in [3.8, 4) is 0 Å². The first-order valence-electron chi connectivity index (χ1n) is 8.35. The fourth-order valence-corrected chi connectivity index (χ4v) is 3.98. The van der Waals surface area contributed by atoms with Crippen LogP contribution in [0.1, 0.15) is 0 Å². The molecule has 0 aliphatic heterocycles. The van der Waals surface area contributed by atoms with E-state index in [1.54, 1.807) is 6.33 Å². The summed E-state index contributed by atoms with van der Waals surface area (Å²) >= 11 is 0. The number of nitrogens with zero attached hydrogens (tertiary/aromatic N) is 2. The van der Waals surface area contributed by atoms with Crippen molar-refractivity contribution in [3.05, 3.63) is 73.2 Å². The summed E-state index contributed by atoms with van der Waals surface area (Å²) in [6.45, 7) is 0. The summed E-state index contributed by atoms with van der Waals surface area (Å²) in [7, 11) is 0. The van der Waals surface area contributed by atoms with Crippen molar-refractivity contribution >= 4 is 54.3 Å². The van der Waals surface area contributed by atoms with E-state index in [0.717, 1.165) is 21.9 Å². The standard InChI is InChI=1S/C22H13N3/c1-2-5-15-13(4-1)7-8-14-10-18-16-6-3-9-23-20(16)22-21(24-12-25-22)19(18)11-17(14)15/h1-12,23H. The molecule has 0 aliphatic rings. The molecule has 2 heterocycles. The van der Waals surface area contributed by atoms with E-state index >= 15 is 0 Å². The van der Waals surface area contributed by atoms with Crippen molar-refractivity contribution in [2.45, 2.75) is 0 Å². The van der Waals surface area contributed by atoms with E-state index in [0.29, 0.717) is 0 Å². The number of aromatic nitrogens is 3. The van der Waals surface area contributed by atoms with Crippen LogP contribution in [0, 0.1) is 0 Å². The van der Waals surface area contributed by atoms with Crippen LogP contribution in [-0.4, -0.2) is 15.0 Å². The summed E-state index contributed by atoms with van der Waals surface area (Å²) in [4.78, 5) is 12.4. The third kappa shape index (κ3) is 1.64. The Morgan fingerprint density at radius 3 is 2.44 bits per heavy atom. The lowest BCUT2D eigenvalue weighted by atomic mass is 9.95. The summed E-state index contributed by atoms with van der Waals surface area (Å²) in [5, 5.41) is 8.58. The van der Waals surface area contributed by atoms with Gasteiger partial charge in [0.2, 0.25) is 0 Å². The molecule has 0 spiro atoms. The number of H-pyrrole nitrogens is 1. The van der Waals surface area contributed by atoms with Gasteiger partial charge in [0.1, 0.15) is 17.4 Å². The number of rotatable bonds is 0. The molecule has 1 N–H and O–H groups in total. The lowest BCUT2D eigenvalue weighted by Gasteiger charge is -2.10. The molecule has 0 aliphatic carbocycles. The topological polar surface area (TPSA) is 41.6 Å². The molecule has 0 saturated heterocycles. The average Bonchev–Trinajstić information content (AvgIpc) is 3.17. The quantitative estimate of drug-likeness (QED) is 0.294. The van der Waals surface area contributed by atoms with E-state index in [1.807, 2.05) is 12.3 Å². The number of hydrogen-bond donors (Lipinski definition) is 1. The Hall–Kier alpha value is -3.46. The predicted octanol–water partition coefficient (Wildman–Crippen LogP) is 5.57. The van der Waals surface area contributed by atoms with Gasteiger partial charge in [0, 0.05) is 17.0 Å². The predicted molar refractivity (Wildman–Crippen MR) is 104 cm³/mol. The van der Waals surface area contributed by atoms with E-state index in [4.69, 9.17) is 0 Å². The minimum absolute atomic E-state index is 0.933. The molecule has 6 rings (SSSR count). The summed E-state index contributed by atoms with van der Waals surface area (Å²) in [6, 6.07) is 21.7. The SMILES string of the molecule is c1ccc2c(c1)ccc1cc3c(cc12)c1ncnc1c1[nH]cccc31. The fourth-order valence-electron chi connectivity index (χ4n) is 3.98. The normalized spacial score (nSPS) is 12.0. The van der Waals surface area contributed by atoms with Crippen LogP contribution in [0.4, 0.5) is 0 Å². The summed E-state index contributed by atoms with van der Waals surface area (Å²) in [6.07, 6.45) is 3.59. The molecule has 0 atom stereocenters. The third-order valence-electron chi connectivity index (χ3n) is 5.12. The molecule has 0 unspecified atom stereocenters. The number of imidazole rings is 1. The number of hydrogen-bond acceptors (Lipinski definition) is 2. The van der Waals surface area contributed by atoms with Crippen molar-refractivity contribution in [1.82, 2.24) is 15.0 Å². The van der Waals surface area contributed by atoms with Crippen molar-refractivity contribution in [1.29, 1.82) is 0 Å². The van der Waals surface area contributed by atoms with Gasteiger partial charge < -0.3 is 4.98 Å². The Balaban J connectivity index is 1.95. The molecule has 0 bridgehead atoms. The molecular formula is C22H13N3. The Morgan fingerprint density at radius 1 is 0.600 bits per heavy atom. The van der Waals surface area contributed by atoms with Crippen LogP contribution in [0.3, 0.4) is 0 Å². The van der Waals surface area contributed by atoms with E-state index < -0.39 is 0 Å². The zero-order valence-corrected chi connectivity index (χ0v) is 13.3. The first-order chi connectivity index (χ1) is 12.4. The van der Waals surface area contributed by atoms with Gasteiger partial charge in [-0.15, -0.1) is 0 Å². The van der Waals surface area contributed by atoms with Gasteiger partial charge in [-0.1, -0.05) is 42.5 Å². The maximum atomic E-state index is 4.55. The number of fused-ring (bicyclic) bond motifs is 9. The van der Waals surface area contributed by atoms with Crippen LogP contribution in [0.2, 0.25) is 0 Å². The maximum absolute atomic E-state index is 4.55. The highest BCUT2D eigenvalue weighted by Gasteiger charge is 2.13. The molecule has 3 heteroatoms. The Morgan fingerprint density at radius 2 is 1.44 bits per heavy atom. The zero-order valence-electron chi connectivity index (χ0n) is 13.3. The second-order valence-electron chi connectivity index (χ2n) is 6.44. The van der Waals surface area contributed by atoms with E-state index in [2.05, 4.69) is 69.5 Å². The second kappa shape index (κ2) is 4.54. The summed E-state index contributed by atoms with van der Waals surface area (Å²) in [5.74, 6) is 0. The summed E-state index contributed by atoms with van der Waals surface area (Å²) in [5.41, 5.74) is 2.94. The lowest BCUT2D eigenvalue weighted by Crippen LogP contribution is -1.86. The first kappa shape index (κ1) is 12.9. The van der Waals surface area contributed by atoms with Gasteiger partial charge in [0.15, 0.2) is 0 Å². The minimum atomic E-state index is 0.933. The first-order valence-corrected chi connectivity index (χ1v) is 8.35. The van der Waals surface area contributed by atoms with Crippen LogP contribution in [0.5, 0.6) is 0 Å². The van der Waals surface area contributed by atoms with Crippen LogP contribution >= 0.6 is 0 Å². The van der Waals surface area contributed by atoms with Crippen LogP contribution < -0.4 is 0 Å². The van der Waals surface area contributed by atoms with E-state index in [1.165, 1.54) is 32.3 Å². The fraction of sp³-hybridized carbons (Fsp3) is 0. The van der Waals surface area contributed by atoms with Crippen LogP contribution in [-0.2, 0) is 0 Å². The molecule has 4 aromatic carbocycles. The minimum Gasteiger partial charge on any atom is -0.359 e. The Kier molecular flexibility index (Phi) is 2.35. The highest BCUT2D eigenvalue weighted by molar-refractivity contribution is 6.26. The Labute approximate surface area is 142 Å². The highest BCUT2D eigenvalue weighted by Crippen LogP contribution is 2.36. The maximum Gasteiger partial charge on any atom is 0.117 e. The Bertz CT molecular complexity index is 1440. The molecule has 116 valence electrons. The monoisotopic (exact) mass is 319 g/mol. The zero-order chi connectivity index (χ0) is 16.4. The smallest absolute Gasteiger partial charge is 0.117 e. The van der Waals surface area contributed by atoms with Crippen LogP contribution in [0.25, 0.3) is 54.3 Å². The van der Waals surface area contributed by atoms with Gasteiger partial charge in [-0.25, -0.2) is 9.97 Å². The molecule has 0 amide bonds. The van der Waals surface area contributed by atoms with Gasteiger partial charge in [-0.3, -0.25) is 0 Å². The van der Waals surface area contributed by atoms with Gasteiger partial charge in [0.05, 0.1) is 5.52 Å². The van der Waals surface area contributed by atoms with Gasteiger partial charge >= 0.3 is 0 Å². The highest BCUT2D eigenvalue weighted by atomic mass is 14.9. The molecule has 3 nitrogen and oxygen atoms in total. The number of nitrogens with one attached hydrogen (secondary N) is 1. The van der Waals surface area contributed by atoms with Crippen molar-refractivity contribution in [2.75, 3.05) is 0 Å². The van der Waals surface area contributed by atoms with Crippen molar-refractivity contribution in [3.63, 3.8) is 0 Å². The molecule has 0 saturated carbocycles. The van der Waals surface area contributed by atoms with Crippen molar-refractivity contribution in [2.24, 2.45) is 0 Å². The molecule has 0 radical (unpaired) electrons. The third-order valence-corrected chi connectivity index (χ3v) is 5.12.